The van der Waals surface area contributed by atoms with E-state index in [0.29, 0.717) is 39.9 Å². The second-order valence-corrected chi connectivity index (χ2v) is 8.62. The van der Waals surface area contributed by atoms with Crippen LogP contribution in [0.3, 0.4) is 0 Å². The molecule has 0 saturated carbocycles. The Balaban J connectivity index is 1.60. The molecule has 28 heavy (non-hydrogen) atoms. The minimum absolute atomic E-state index is 0.0366. The van der Waals surface area contributed by atoms with Crippen molar-refractivity contribution >= 4 is 23.1 Å². The molecule has 1 N–H and O–H groups in total. The first-order valence-corrected chi connectivity index (χ1v) is 10.6. The van der Waals surface area contributed by atoms with E-state index in [1.54, 1.807) is 0 Å². The van der Waals surface area contributed by atoms with Crippen molar-refractivity contribution in [2.24, 2.45) is 11.8 Å². The molecule has 3 heteroatoms. The molecule has 0 spiro atoms. The van der Waals surface area contributed by atoms with Gasteiger partial charge in [-0.3, -0.25) is 4.79 Å². The van der Waals surface area contributed by atoms with E-state index >= 15 is 0 Å². The number of carbonyl (C=O) groups excluding carboxylic acids is 1. The number of carbonyl (C=O) groups is 1. The summed E-state index contributed by atoms with van der Waals surface area (Å²) in [6.07, 6.45) is 13.8. The molecular weight excluding hydrogens is 366 g/mol. The van der Waals surface area contributed by atoms with Gasteiger partial charge in [0.15, 0.2) is 5.78 Å². The molecule has 0 fully saturated rings. The van der Waals surface area contributed by atoms with Crippen LogP contribution in [0.25, 0.3) is 0 Å². The molecule has 142 valence electrons. The SMILES string of the molecule is O=C(c1ccccc1)c1cc(Cl)cc2c1N[C@H]([C@H]1CC=CCC1)[C@H]1CC=C[C@H]21. The third-order valence-electron chi connectivity index (χ3n) is 6.58. The Hall–Kier alpha value is -2.32. The fourth-order valence-corrected chi connectivity index (χ4v) is 5.46. The Morgan fingerprint density at radius 2 is 1.89 bits per heavy atom. The molecule has 2 nitrogen and oxygen atoms in total. The number of rotatable bonds is 3. The summed E-state index contributed by atoms with van der Waals surface area (Å²) in [7, 11) is 0. The van der Waals surface area contributed by atoms with E-state index in [9.17, 15) is 4.79 Å². The van der Waals surface area contributed by atoms with Crippen LogP contribution >= 0.6 is 11.6 Å². The van der Waals surface area contributed by atoms with Gasteiger partial charge in [0, 0.05) is 33.8 Å². The number of hydrogen-bond donors (Lipinski definition) is 1. The molecule has 2 aromatic rings. The second kappa shape index (κ2) is 7.25. The Labute approximate surface area is 171 Å². The summed E-state index contributed by atoms with van der Waals surface area (Å²) in [5.41, 5.74) is 3.57. The van der Waals surface area contributed by atoms with Crippen LogP contribution in [0.5, 0.6) is 0 Å². The van der Waals surface area contributed by atoms with Gasteiger partial charge in [-0.25, -0.2) is 0 Å². The minimum atomic E-state index is 0.0366. The molecular formula is C25H24ClNO. The van der Waals surface area contributed by atoms with Gasteiger partial charge in [0.2, 0.25) is 0 Å². The zero-order chi connectivity index (χ0) is 19.1. The van der Waals surface area contributed by atoms with Crippen molar-refractivity contribution < 1.29 is 4.79 Å². The van der Waals surface area contributed by atoms with Gasteiger partial charge in [-0.15, -0.1) is 0 Å². The Morgan fingerprint density at radius 3 is 2.68 bits per heavy atom. The van der Waals surface area contributed by atoms with Crippen LogP contribution in [0.4, 0.5) is 5.69 Å². The molecule has 2 aromatic carbocycles. The molecule has 4 atom stereocenters. The van der Waals surface area contributed by atoms with E-state index in [2.05, 4.69) is 35.7 Å². The van der Waals surface area contributed by atoms with Gasteiger partial charge in [0.25, 0.3) is 0 Å². The zero-order valence-electron chi connectivity index (χ0n) is 15.8. The highest BCUT2D eigenvalue weighted by Crippen LogP contribution is 2.49. The second-order valence-electron chi connectivity index (χ2n) is 8.18. The number of fused-ring (bicyclic) bond motifs is 3. The van der Waals surface area contributed by atoms with Crippen LogP contribution < -0.4 is 5.32 Å². The fraction of sp³-hybridized carbons (Fsp3) is 0.320. The third kappa shape index (κ3) is 3.00. The molecule has 3 aliphatic rings. The Kier molecular flexibility index (Phi) is 4.60. The highest BCUT2D eigenvalue weighted by atomic mass is 35.5. The lowest BCUT2D eigenvalue weighted by molar-refractivity contribution is 0.103. The number of allylic oxidation sites excluding steroid dienone is 4. The van der Waals surface area contributed by atoms with Crippen molar-refractivity contribution in [3.63, 3.8) is 0 Å². The summed E-state index contributed by atoms with van der Waals surface area (Å²) in [5.74, 6) is 1.53. The van der Waals surface area contributed by atoms with Crippen molar-refractivity contribution in [2.45, 2.75) is 37.6 Å². The average Bonchev–Trinajstić information content (AvgIpc) is 3.24. The van der Waals surface area contributed by atoms with Gasteiger partial charge in [0.05, 0.1) is 0 Å². The molecule has 0 saturated heterocycles. The lowest BCUT2D eigenvalue weighted by Gasteiger charge is -2.42. The van der Waals surface area contributed by atoms with Crippen molar-refractivity contribution in [1.82, 2.24) is 0 Å². The molecule has 1 heterocycles. The normalized spacial score (nSPS) is 27.8. The van der Waals surface area contributed by atoms with Crippen LogP contribution in [0, 0.1) is 11.8 Å². The average molecular weight is 390 g/mol. The first kappa shape index (κ1) is 17.8. The standard InChI is InChI=1S/C25H24ClNO/c26-18-14-21-19-12-7-13-20(19)23(16-8-3-1-4-9-16)27-24(21)22(15-18)25(28)17-10-5-2-6-11-17/h1-3,5-7,10-12,14-16,19-20,23,27H,4,8-9,13H2/t16-,19-,20-,23+/m0/s1. The lowest BCUT2D eigenvalue weighted by Crippen LogP contribution is -2.42. The minimum Gasteiger partial charge on any atom is -0.381 e. The zero-order valence-corrected chi connectivity index (χ0v) is 16.5. The molecule has 0 radical (unpaired) electrons. The lowest BCUT2D eigenvalue weighted by atomic mass is 9.71. The molecule has 2 aliphatic carbocycles. The van der Waals surface area contributed by atoms with Gasteiger partial charge in [-0.05, 0) is 55.2 Å². The van der Waals surface area contributed by atoms with Crippen LogP contribution in [0.1, 0.15) is 53.1 Å². The van der Waals surface area contributed by atoms with Gasteiger partial charge in [-0.1, -0.05) is 66.2 Å². The maximum Gasteiger partial charge on any atom is 0.195 e. The van der Waals surface area contributed by atoms with Crippen LogP contribution in [-0.2, 0) is 0 Å². The summed E-state index contributed by atoms with van der Waals surface area (Å²) in [6, 6.07) is 13.8. The molecule has 0 amide bonds. The third-order valence-corrected chi connectivity index (χ3v) is 6.79. The Morgan fingerprint density at radius 1 is 1.04 bits per heavy atom. The van der Waals surface area contributed by atoms with E-state index in [1.165, 1.54) is 12.0 Å². The molecule has 0 aromatic heterocycles. The van der Waals surface area contributed by atoms with E-state index in [4.69, 9.17) is 11.6 Å². The van der Waals surface area contributed by atoms with Gasteiger partial charge in [-0.2, -0.15) is 0 Å². The van der Waals surface area contributed by atoms with E-state index in [-0.39, 0.29) is 5.78 Å². The van der Waals surface area contributed by atoms with E-state index in [0.717, 1.165) is 24.9 Å². The maximum absolute atomic E-state index is 13.3. The number of nitrogens with one attached hydrogen (secondary N) is 1. The molecule has 5 rings (SSSR count). The van der Waals surface area contributed by atoms with Crippen molar-refractivity contribution in [3.05, 3.63) is 88.5 Å². The number of anilines is 1. The van der Waals surface area contributed by atoms with E-state index in [1.807, 2.05) is 36.4 Å². The predicted molar refractivity (Wildman–Crippen MR) is 115 cm³/mol. The smallest absolute Gasteiger partial charge is 0.195 e. The van der Waals surface area contributed by atoms with Gasteiger partial charge in [0.1, 0.15) is 0 Å². The quantitative estimate of drug-likeness (QED) is 0.487. The van der Waals surface area contributed by atoms with Crippen molar-refractivity contribution in [1.29, 1.82) is 0 Å². The van der Waals surface area contributed by atoms with Crippen molar-refractivity contribution in [2.75, 3.05) is 5.32 Å². The fourth-order valence-electron chi connectivity index (χ4n) is 5.24. The van der Waals surface area contributed by atoms with E-state index < -0.39 is 0 Å². The first-order valence-electron chi connectivity index (χ1n) is 10.2. The van der Waals surface area contributed by atoms with Gasteiger partial charge >= 0.3 is 0 Å². The van der Waals surface area contributed by atoms with Gasteiger partial charge < -0.3 is 5.32 Å². The Bertz CT molecular complexity index is 962. The highest BCUT2D eigenvalue weighted by Gasteiger charge is 2.42. The first-order chi connectivity index (χ1) is 13.7. The number of ketones is 1. The monoisotopic (exact) mass is 389 g/mol. The molecule has 1 aliphatic heterocycles. The predicted octanol–water partition coefficient (Wildman–Crippen LogP) is 6.38. The van der Waals surface area contributed by atoms with Crippen LogP contribution in [0.2, 0.25) is 5.02 Å². The van der Waals surface area contributed by atoms with Crippen LogP contribution in [0.15, 0.2) is 66.8 Å². The number of hydrogen-bond acceptors (Lipinski definition) is 2. The highest BCUT2D eigenvalue weighted by molar-refractivity contribution is 6.31. The largest absolute Gasteiger partial charge is 0.381 e. The van der Waals surface area contributed by atoms with Crippen LogP contribution in [-0.4, -0.2) is 11.8 Å². The summed E-state index contributed by atoms with van der Waals surface area (Å²) in [5, 5.41) is 4.47. The summed E-state index contributed by atoms with van der Waals surface area (Å²) >= 11 is 6.48. The number of halogens is 1. The molecule has 0 unspecified atom stereocenters. The van der Waals surface area contributed by atoms with Crippen molar-refractivity contribution in [3.8, 4) is 0 Å². The molecule has 0 bridgehead atoms. The summed E-state index contributed by atoms with van der Waals surface area (Å²) < 4.78 is 0. The number of benzene rings is 2. The summed E-state index contributed by atoms with van der Waals surface area (Å²) in [4.78, 5) is 13.3. The topological polar surface area (TPSA) is 29.1 Å². The summed E-state index contributed by atoms with van der Waals surface area (Å²) in [6.45, 7) is 0. The maximum atomic E-state index is 13.3.